The second-order valence-electron chi connectivity index (χ2n) is 3.40. The van der Waals surface area contributed by atoms with Crippen LogP contribution >= 0.6 is 0 Å². The highest BCUT2D eigenvalue weighted by atomic mass is 16.5. The molecule has 0 radical (unpaired) electrons. The molecule has 0 bridgehead atoms. The van der Waals surface area contributed by atoms with Gasteiger partial charge in [0.05, 0.1) is 18.6 Å². The minimum absolute atomic E-state index is 0.0386. The Kier molecular flexibility index (Phi) is 4.48. The molecule has 1 saturated heterocycles. The number of ketones is 1. The number of nitriles is 1. The van der Waals surface area contributed by atoms with Crippen molar-refractivity contribution in [2.24, 2.45) is 0 Å². The van der Waals surface area contributed by atoms with Gasteiger partial charge in [0.2, 0.25) is 0 Å². The first-order valence-corrected chi connectivity index (χ1v) is 4.83. The first-order valence-electron chi connectivity index (χ1n) is 4.83. The average molecular weight is 181 g/mol. The molecule has 1 rings (SSSR count). The van der Waals surface area contributed by atoms with E-state index in [2.05, 4.69) is 0 Å². The summed E-state index contributed by atoms with van der Waals surface area (Å²) in [4.78, 5) is 11.0. The molecule has 0 aliphatic carbocycles. The van der Waals surface area contributed by atoms with Gasteiger partial charge in [-0.2, -0.15) is 5.26 Å². The van der Waals surface area contributed by atoms with Crippen molar-refractivity contribution in [2.75, 3.05) is 6.61 Å². The molecule has 1 aliphatic rings. The molecule has 72 valence electrons. The maximum absolute atomic E-state index is 11.0. The van der Waals surface area contributed by atoms with Crippen molar-refractivity contribution in [2.45, 2.75) is 44.6 Å². The van der Waals surface area contributed by atoms with Crippen molar-refractivity contribution in [1.82, 2.24) is 0 Å². The van der Waals surface area contributed by atoms with Crippen LogP contribution in [0.25, 0.3) is 0 Å². The van der Waals surface area contributed by atoms with Gasteiger partial charge < -0.3 is 4.74 Å². The Balaban J connectivity index is 2.10. The average Bonchev–Trinajstić information content (AvgIpc) is 2.17. The van der Waals surface area contributed by atoms with Crippen molar-refractivity contribution in [3.8, 4) is 6.07 Å². The molecule has 0 aromatic heterocycles. The number of hydrogen-bond acceptors (Lipinski definition) is 3. The van der Waals surface area contributed by atoms with Gasteiger partial charge in [0.15, 0.2) is 0 Å². The fourth-order valence-corrected chi connectivity index (χ4v) is 1.53. The summed E-state index contributed by atoms with van der Waals surface area (Å²) in [6.45, 7) is 0.830. The Bertz CT molecular complexity index is 201. The zero-order valence-electron chi connectivity index (χ0n) is 7.79. The molecule has 1 aliphatic heterocycles. The molecule has 1 fully saturated rings. The van der Waals surface area contributed by atoms with Gasteiger partial charge >= 0.3 is 0 Å². The van der Waals surface area contributed by atoms with E-state index >= 15 is 0 Å². The van der Waals surface area contributed by atoms with Gasteiger partial charge in [-0.3, -0.25) is 4.79 Å². The number of carbonyl (C=O) groups is 1. The quantitative estimate of drug-likeness (QED) is 0.664. The third-order valence-corrected chi connectivity index (χ3v) is 2.30. The van der Waals surface area contributed by atoms with Crippen LogP contribution in [0.5, 0.6) is 0 Å². The first kappa shape index (κ1) is 10.2. The molecular formula is C10H15NO2. The number of rotatable bonds is 4. The van der Waals surface area contributed by atoms with Gasteiger partial charge in [-0.05, 0) is 25.7 Å². The number of nitrogens with zero attached hydrogens (tertiary/aromatic N) is 1. The Morgan fingerprint density at radius 1 is 1.54 bits per heavy atom. The summed E-state index contributed by atoms with van der Waals surface area (Å²) in [5.74, 6) is 0.0386. The van der Waals surface area contributed by atoms with E-state index in [4.69, 9.17) is 10.00 Å². The monoisotopic (exact) mass is 181 g/mol. The van der Waals surface area contributed by atoms with E-state index in [1.165, 1.54) is 6.42 Å². The summed E-state index contributed by atoms with van der Waals surface area (Å²) in [6.07, 6.45) is 5.02. The smallest absolute Gasteiger partial charge is 0.147 e. The van der Waals surface area contributed by atoms with Gasteiger partial charge in [-0.15, -0.1) is 0 Å². The van der Waals surface area contributed by atoms with Crippen molar-refractivity contribution >= 4 is 5.78 Å². The Labute approximate surface area is 78.7 Å². The normalized spacial score (nSPS) is 22.2. The van der Waals surface area contributed by atoms with E-state index < -0.39 is 0 Å². The lowest BCUT2D eigenvalue weighted by Crippen LogP contribution is -2.19. The van der Waals surface area contributed by atoms with Crippen molar-refractivity contribution in [1.29, 1.82) is 5.26 Å². The van der Waals surface area contributed by atoms with E-state index in [9.17, 15) is 4.79 Å². The molecule has 0 aromatic rings. The molecule has 0 spiro atoms. The highest BCUT2D eigenvalue weighted by Gasteiger charge is 2.14. The summed E-state index contributed by atoms with van der Waals surface area (Å²) in [5, 5.41) is 8.27. The lowest BCUT2D eigenvalue weighted by atomic mass is 10.0. The molecule has 0 amide bonds. The van der Waals surface area contributed by atoms with E-state index in [1.54, 1.807) is 0 Å². The Morgan fingerprint density at radius 3 is 3.00 bits per heavy atom. The highest BCUT2D eigenvalue weighted by Crippen LogP contribution is 2.17. The minimum atomic E-state index is 0.0386. The minimum Gasteiger partial charge on any atom is -0.378 e. The molecular weight excluding hydrogens is 166 g/mol. The second-order valence-corrected chi connectivity index (χ2v) is 3.40. The van der Waals surface area contributed by atoms with Crippen LogP contribution in [0.1, 0.15) is 38.5 Å². The van der Waals surface area contributed by atoms with Crippen LogP contribution in [0.4, 0.5) is 0 Å². The Hall–Kier alpha value is -0.880. The lowest BCUT2D eigenvalue weighted by Gasteiger charge is -2.21. The molecule has 0 saturated carbocycles. The van der Waals surface area contributed by atoms with Crippen LogP contribution in [0.15, 0.2) is 0 Å². The zero-order chi connectivity index (χ0) is 9.52. The Morgan fingerprint density at radius 2 is 2.38 bits per heavy atom. The van der Waals surface area contributed by atoms with E-state index in [-0.39, 0.29) is 18.3 Å². The predicted molar refractivity (Wildman–Crippen MR) is 48.1 cm³/mol. The first-order chi connectivity index (χ1) is 6.33. The molecule has 1 heterocycles. The topological polar surface area (TPSA) is 50.1 Å². The SMILES string of the molecule is N#CCC(=O)CCC1CCCCO1. The fourth-order valence-electron chi connectivity index (χ4n) is 1.53. The maximum atomic E-state index is 11.0. The van der Waals surface area contributed by atoms with Crippen LogP contribution in [0.2, 0.25) is 0 Å². The summed E-state index contributed by atoms with van der Waals surface area (Å²) in [7, 11) is 0. The van der Waals surface area contributed by atoms with Crippen LogP contribution in [-0.2, 0) is 9.53 Å². The third-order valence-electron chi connectivity index (χ3n) is 2.30. The van der Waals surface area contributed by atoms with Gasteiger partial charge in [-0.1, -0.05) is 0 Å². The van der Waals surface area contributed by atoms with E-state index in [0.29, 0.717) is 6.42 Å². The predicted octanol–water partition coefficient (Wildman–Crippen LogP) is 1.82. The van der Waals surface area contributed by atoms with Crippen molar-refractivity contribution < 1.29 is 9.53 Å². The highest BCUT2D eigenvalue weighted by molar-refractivity contribution is 5.80. The van der Waals surface area contributed by atoms with Gasteiger partial charge in [0.25, 0.3) is 0 Å². The molecule has 0 N–H and O–H groups in total. The van der Waals surface area contributed by atoms with Crippen molar-refractivity contribution in [3.05, 3.63) is 0 Å². The van der Waals surface area contributed by atoms with Crippen LogP contribution in [0, 0.1) is 11.3 Å². The summed E-state index contributed by atoms with van der Waals surface area (Å²) < 4.78 is 5.47. The molecule has 3 heteroatoms. The van der Waals surface area contributed by atoms with Crippen LogP contribution < -0.4 is 0 Å². The standard InChI is InChI=1S/C10H15NO2/c11-7-6-9(12)4-5-10-3-1-2-8-13-10/h10H,1-6,8H2. The van der Waals surface area contributed by atoms with E-state index in [0.717, 1.165) is 25.9 Å². The summed E-state index contributed by atoms with van der Waals surface area (Å²) in [5.41, 5.74) is 0. The molecule has 0 aromatic carbocycles. The fraction of sp³-hybridized carbons (Fsp3) is 0.800. The third kappa shape index (κ3) is 4.05. The second kappa shape index (κ2) is 5.71. The molecule has 1 unspecified atom stereocenters. The maximum Gasteiger partial charge on any atom is 0.147 e. The zero-order valence-corrected chi connectivity index (χ0v) is 7.79. The van der Waals surface area contributed by atoms with E-state index in [1.807, 2.05) is 6.07 Å². The van der Waals surface area contributed by atoms with Gasteiger partial charge in [0.1, 0.15) is 5.78 Å². The molecule has 1 atom stereocenters. The summed E-state index contributed by atoms with van der Waals surface area (Å²) >= 11 is 0. The summed E-state index contributed by atoms with van der Waals surface area (Å²) in [6, 6.07) is 1.86. The molecule has 13 heavy (non-hydrogen) atoms. The number of hydrogen-bond donors (Lipinski definition) is 0. The van der Waals surface area contributed by atoms with Crippen LogP contribution in [0.3, 0.4) is 0 Å². The number of Topliss-reactive ketones (excluding diaryl/α,β-unsaturated/α-hetero) is 1. The van der Waals surface area contributed by atoms with Crippen LogP contribution in [-0.4, -0.2) is 18.5 Å². The van der Waals surface area contributed by atoms with Gasteiger partial charge in [0, 0.05) is 13.0 Å². The number of carbonyl (C=O) groups excluding carboxylic acids is 1. The number of ether oxygens (including phenoxy) is 1. The van der Waals surface area contributed by atoms with Crippen molar-refractivity contribution in [3.63, 3.8) is 0 Å². The molecule has 3 nitrogen and oxygen atoms in total. The van der Waals surface area contributed by atoms with Gasteiger partial charge in [-0.25, -0.2) is 0 Å². The lowest BCUT2D eigenvalue weighted by molar-refractivity contribution is -0.119. The largest absolute Gasteiger partial charge is 0.378 e.